The molecule has 1 aliphatic rings. The van der Waals surface area contributed by atoms with Crippen LogP contribution in [-0.2, 0) is 4.79 Å². The van der Waals surface area contributed by atoms with Crippen molar-refractivity contribution in [3.8, 4) is 5.75 Å². The Hall–Kier alpha value is -1.79. The number of nitrogens with zero attached hydrogens (tertiary/aromatic N) is 3. The van der Waals surface area contributed by atoms with Crippen molar-refractivity contribution < 1.29 is 9.53 Å². The van der Waals surface area contributed by atoms with E-state index in [4.69, 9.17) is 16.3 Å². The molecule has 26 heavy (non-hydrogen) atoms. The first-order valence-corrected chi connectivity index (χ1v) is 10.1. The normalized spacial score (nSPS) is 14.8. The van der Waals surface area contributed by atoms with Gasteiger partial charge in [0.05, 0.1) is 0 Å². The SMILES string of the molecule is Cc1cc(OCC(=O)N2CCN(c3nccs3)CC2)c(C(C)C)cc1Cl. The van der Waals surface area contributed by atoms with E-state index >= 15 is 0 Å². The van der Waals surface area contributed by atoms with Crippen LogP contribution in [0, 0.1) is 6.92 Å². The van der Waals surface area contributed by atoms with E-state index in [2.05, 4.69) is 23.7 Å². The number of halogens is 1. The number of piperazine rings is 1. The summed E-state index contributed by atoms with van der Waals surface area (Å²) in [4.78, 5) is 21.0. The van der Waals surface area contributed by atoms with Crippen molar-refractivity contribution in [3.63, 3.8) is 0 Å². The number of hydrogen-bond donors (Lipinski definition) is 0. The smallest absolute Gasteiger partial charge is 0.260 e. The number of carbonyl (C=O) groups excluding carboxylic acids is 1. The summed E-state index contributed by atoms with van der Waals surface area (Å²) in [7, 11) is 0. The molecule has 140 valence electrons. The number of aromatic nitrogens is 1. The number of hydrogen-bond acceptors (Lipinski definition) is 5. The van der Waals surface area contributed by atoms with E-state index in [0.717, 1.165) is 40.1 Å². The Labute approximate surface area is 163 Å². The number of amides is 1. The predicted molar refractivity (Wildman–Crippen MR) is 107 cm³/mol. The number of anilines is 1. The lowest BCUT2D eigenvalue weighted by atomic mass is 10.0. The zero-order valence-electron chi connectivity index (χ0n) is 15.4. The second-order valence-electron chi connectivity index (χ2n) is 6.77. The summed E-state index contributed by atoms with van der Waals surface area (Å²) >= 11 is 7.86. The molecule has 1 aromatic carbocycles. The van der Waals surface area contributed by atoms with Gasteiger partial charge < -0.3 is 14.5 Å². The highest BCUT2D eigenvalue weighted by atomic mass is 35.5. The first-order valence-electron chi connectivity index (χ1n) is 8.80. The fourth-order valence-electron chi connectivity index (χ4n) is 3.00. The van der Waals surface area contributed by atoms with Crippen LogP contribution in [0.2, 0.25) is 5.02 Å². The predicted octanol–water partition coefficient (Wildman–Crippen LogP) is 3.96. The number of benzene rings is 1. The maximum Gasteiger partial charge on any atom is 0.260 e. The summed E-state index contributed by atoms with van der Waals surface area (Å²) in [6.45, 7) is 9.17. The van der Waals surface area contributed by atoms with Crippen LogP contribution in [-0.4, -0.2) is 48.6 Å². The Kier molecular flexibility index (Phi) is 6.04. The van der Waals surface area contributed by atoms with Crippen LogP contribution in [0.25, 0.3) is 0 Å². The molecular formula is C19H24ClN3O2S. The molecular weight excluding hydrogens is 370 g/mol. The standard InChI is InChI=1S/C19H24ClN3O2S/c1-13(2)15-11-16(20)14(3)10-17(15)25-12-18(24)22-5-7-23(8-6-22)19-21-4-9-26-19/h4,9-11,13H,5-8,12H2,1-3H3. The maximum atomic E-state index is 12.5. The van der Waals surface area contributed by atoms with Crippen molar-refractivity contribution in [1.82, 2.24) is 9.88 Å². The summed E-state index contributed by atoms with van der Waals surface area (Å²) in [5, 5.41) is 3.72. The third-order valence-electron chi connectivity index (χ3n) is 4.59. The van der Waals surface area contributed by atoms with Crippen LogP contribution >= 0.6 is 22.9 Å². The molecule has 1 saturated heterocycles. The van der Waals surface area contributed by atoms with E-state index in [0.29, 0.717) is 13.1 Å². The molecule has 3 rings (SSSR count). The number of rotatable bonds is 5. The van der Waals surface area contributed by atoms with Gasteiger partial charge in [0, 0.05) is 42.8 Å². The molecule has 5 nitrogen and oxygen atoms in total. The lowest BCUT2D eigenvalue weighted by Gasteiger charge is -2.34. The van der Waals surface area contributed by atoms with Crippen molar-refractivity contribution >= 4 is 34.0 Å². The van der Waals surface area contributed by atoms with Crippen molar-refractivity contribution in [2.24, 2.45) is 0 Å². The largest absolute Gasteiger partial charge is 0.483 e. The lowest BCUT2D eigenvalue weighted by Crippen LogP contribution is -2.50. The third-order valence-corrected chi connectivity index (χ3v) is 5.83. The van der Waals surface area contributed by atoms with Crippen LogP contribution in [0.15, 0.2) is 23.7 Å². The molecule has 0 spiro atoms. The monoisotopic (exact) mass is 393 g/mol. The second-order valence-corrected chi connectivity index (χ2v) is 8.05. The summed E-state index contributed by atoms with van der Waals surface area (Å²) in [6, 6.07) is 3.86. The highest BCUT2D eigenvalue weighted by molar-refractivity contribution is 7.13. The van der Waals surface area contributed by atoms with Crippen LogP contribution in [0.4, 0.5) is 5.13 Å². The fourth-order valence-corrected chi connectivity index (χ4v) is 3.87. The molecule has 0 saturated carbocycles. The average molecular weight is 394 g/mol. The Morgan fingerprint density at radius 3 is 2.65 bits per heavy atom. The highest BCUT2D eigenvalue weighted by Crippen LogP contribution is 2.32. The van der Waals surface area contributed by atoms with Crippen molar-refractivity contribution in [2.75, 3.05) is 37.7 Å². The van der Waals surface area contributed by atoms with Gasteiger partial charge in [-0.05, 0) is 36.1 Å². The Balaban J connectivity index is 1.57. The van der Waals surface area contributed by atoms with E-state index in [9.17, 15) is 4.79 Å². The maximum absolute atomic E-state index is 12.5. The van der Waals surface area contributed by atoms with Gasteiger partial charge in [-0.2, -0.15) is 0 Å². The van der Waals surface area contributed by atoms with E-state index in [1.54, 1.807) is 11.3 Å². The zero-order chi connectivity index (χ0) is 18.7. The first-order chi connectivity index (χ1) is 12.5. The van der Waals surface area contributed by atoms with Gasteiger partial charge in [0.15, 0.2) is 11.7 Å². The number of ether oxygens (including phenoxy) is 1. The summed E-state index contributed by atoms with van der Waals surface area (Å²) in [6.07, 6.45) is 1.81. The molecule has 0 atom stereocenters. The molecule has 0 radical (unpaired) electrons. The minimum absolute atomic E-state index is 0.0195. The van der Waals surface area contributed by atoms with Gasteiger partial charge in [0.1, 0.15) is 5.75 Å². The van der Waals surface area contributed by atoms with Crippen LogP contribution in [0.3, 0.4) is 0 Å². The molecule has 1 aliphatic heterocycles. The zero-order valence-corrected chi connectivity index (χ0v) is 16.9. The van der Waals surface area contributed by atoms with Gasteiger partial charge in [0.2, 0.25) is 0 Å². The van der Waals surface area contributed by atoms with E-state index in [1.807, 2.05) is 35.5 Å². The topological polar surface area (TPSA) is 45.7 Å². The second kappa shape index (κ2) is 8.27. The van der Waals surface area contributed by atoms with Gasteiger partial charge in [-0.3, -0.25) is 4.79 Å². The molecule has 1 amide bonds. The number of thiazole rings is 1. The molecule has 2 heterocycles. The van der Waals surface area contributed by atoms with E-state index < -0.39 is 0 Å². The minimum Gasteiger partial charge on any atom is -0.483 e. The van der Waals surface area contributed by atoms with Crippen molar-refractivity contribution in [2.45, 2.75) is 26.7 Å². The molecule has 0 N–H and O–H groups in total. The Bertz CT molecular complexity index is 756. The Morgan fingerprint density at radius 1 is 1.31 bits per heavy atom. The summed E-state index contributed by atoms with van der Waals surface area (Å²) < 4.78 is 5.87. The van der Waals surface area contributed by atoms with Gasteiger partial charge in [-0.25, -0.2) is 4.98 Å². The van der Waals surface area contributed by atoms with Gasteiger partial charge in [-0.15, -0.1) is 11.3 Å². The highest BCUT2D eigenvalue weighted by Gasteiger charge is 2.23. The molecule has 0 aliphatic carbocycles. The third kappa shape index (κ3) is 4.30. The Morgan fingerprint density at radius 2 is 2.04 bits per heavy atom. The van der Waals surface area contributed by atoms with Gasteiger partial charge in [0.25, 0.3) is 5.91 Å². The molecule has 7 heteroatoms. The van der Waals surface area contributed by atoms with E-state index in [-0.39, 0.29) is 18.4 Å². The van der Waals surface area contributed by atoms with E-state index in [1.165, 1.54) is 0 Å². The number of carbonyl (C=O) groups is 1. The molecule has 1 fully saturated rings. The van der Waals surface area contributed by atoms with Gasteiger partial charge in [-0.1, -0.05) is 25.4 Å². The first kappa shape index (κ1) is 19.0. The fraction of sp³-hybridized carbons (Fsp3) is 0.474. The lowest BCUT2D eigenvalue weighted by molar-refractivity contribution is -0.133. The van der Waals surface area contributed by atoms with Gasteiger partial charge >= 0.3 is 0 Å². The molecule has 0 bridgehead atoms. The molecule has 1 aromatic heterocycles. The minimum atomic E-state index is 0.0195. The van der Waals surface area contributed by atoms with Crippen molar-refractivity contribution in [3.05, 3.63) is 39.9 Å². The number of aryl methyl sites for hydroxylation is 1. The molecule has 0 unspecified atom stereocenters. The quantitative estimate of drug-likeness (QED) is 0.771. The summed E-state index contributed by atoms with van der Waals surface area (Å²) in [5.74, 6) is 1.04. The average Bonchev–Trinajstić information content (AvgIpc) is 3.16. The van der Waals surface area contributed by atoms with Crippen molar-refractivity contribution in [1.29, 1.82) is 0 Å². The van der Waals surface area contributed by atoms with Crippen LogP contribution in [0.1, 0.15) is 30.9 Å². The summed E-state index contributed by atoms with van der Waals surface area (Å²) in [5.41, 5.74) is 1.98. The van der Waals surface area contributed by atoms with Crippen LogP contribution < -0.4 is 9.64 Å². The molecule has 2 aromatic rings. The van der Waals surface area contributed by atoms with Crippen LogP contribution in [0.5, 0.6) is 5.75 Å².